The highest BCUT2D eigenvalue weighted by molar-refractivity contribution is 5.38. The summed E-state index contributed by atoms with van der Waals surface area (Å²) in [6.45, 7) is 12.1. The van der Waals surface area contributed by atoms with Gasteiger partial charge in [0, 0.05) is 18.2 Å². The Bertz CT molecular complexity index is 385. The lowest BCUT2D eigenvalue weighted by Crippen LogP contribution is -2.31. The van der Waals surface area contributed by atoms with Crippen LogP contribution in [0.1, 0.15) is 51.3 Å². The maximum absolute atomic E-state index is 5.44. The normalized spacial score (nSPS) is 13.4. The zero-order valence-electron chi connectivity index (χ0n) is 12.6. The molecule has 0 aliphatic rings. The van der Waals surface area contributed by atoms with Gasteiger partial charge in [0.2, 0.25) is 0 Å². The van der Waals surface area contributed by atoms with Crippen LogP contribution in [0.15, 0.2) is 18.2 Å². The third-order valence-electron chi connectivity index (χ3n) is 3.70. The van der Waals surface area contributed by atoms with Gasteiger partial charge in [0.1, 0.15) is 5.75 Å². The van der Waals surface area contributed by atoms with Crippen LogP contribution in [0.25, 0.3) is 0 Å². The van der Waals surface area contributed by atoms with E-state index in [1.165, 1.54) is 17.5 Å². The molecule has 0 aliphatic heterocycles. The lowest BCUT2D eigenvalue weighted by Gasteiger charge is -2.26. The minimum Gasteiger partial charge on any atom is -0.496 e. The van der Waals surface area contributed by atoms with E-state index in [1.54, 1.807) is 7.11 Å². The van der Waals surface area contributed by atoms with Gasteiger partial charge in [-0.25, -0.2) is 0 Å². The van der Waals surface area contributed by atoms with Crippen LogP contribution in [0.2, 0.25) is 0 Å². The molecule has 0 aromatic heterocycles. The van der Waals surface area contributed by atoms with Crippen LogP contribution in [0.4, 0.5) is 0 Å². The molecule has 1 aromatic rings. The van der Waals surface area contributed by atoms with Crippen LogP contribution in [0, 0.1) is 12.3 Å². The molecule has 1 atom stereocenters. The first-order valence-electron chi connectivity index (χ1n) is 6.77. The Kier molecular flexibility index (Phi) is 5.21. The fourth-order valence-electron chi connectivity index (χ4n) is 1.86. The van der Waals surface area contributed by atoms with Crippen molar-refractivity contribution >= 4 is 0 Å². The summed E-state index contributed by atoms with van der Waals surface area (Å²) < 4.78 is 5.44. The number of nitrogens with one attached hydrogen (secondary N) is 1. The number of rotatable bonds is 6. The summed E-state index contributed by atoms with van der Waals surface area (Å²) in [6, 6.07) is 6.65. The van der Waals surface area contributed by atoms with Gasteiger partial charge in [-0.2, -0.15) is 0 Å². The fourth-order valence-corrected chi connectivity index (χ4v) is 1.86. The van der Waals surface area contributed by atoms with Gasteiger partial charge in [0.05, 0.1) is 7.11 Å². The van der Waals surface area contributed by atoms with Crippen molar-refractivity contribution in [3.63, 3.8) is 0 Å². The van der Waals surface area contributed by atoms with Gasteiger partial charge < -0.3 is 10.1 Å². The summed E-state index contributed by atoms with van der Waals surface area (Å²) in [5, 5.41) is 3.61. The van der Waals surface area contributed by atoms with Gasteiger partial charge >= 0.3 is 0 Å². The third-order valence-corrected chi connectivity index (χ3v) is 3.70. The zero-order valence-corrected chi connectivity index (χ0v) is 12.6. The first kappa shape index (κ1) is 15.0. The second-order valence-corrected chi connectivity index (χ2v) is 5.87. The number of aryl methyl sites for hydroxylation is 1. The molecule has 1 N–H and O–H groups in total. The molecule has 0 fully saturated rings. The Hall–Kier alpha value is -1.02. The molecular formula is C16H27NO. The summed E-state index contributed by atoms with van der Waals surface area (Å²) in [5.41, 5.74) is 2.85. The Morgan fingerprint density at radius 3 is 2.56 bits per heavy atom. The van der Waals surface area contributed by atoms with Gasteiger partial charge in [-0.05, 0) is 31.7 Å². The van der Waals surface area contributed by atoms with Crippen molar-refractivity contribution in [2.24, 2.45) is 5.41 Å². The van der Waals surface area contributed by atoms with Gasteiger partial charge in [-0.3, -0.25) is 0 Å². The molecule has 1 aromatic carbocycles. The molecule has 102 valence electrons. The van der Waals surface area contributed by atoms with Crippen LogP contribution in [-0.4, -0.2) is 13.7 Å². The zero-order chi connectivity index (χ0) is 13.8. The Labute approximate surface area is 112 Å². The summed E-state index contributed by atoms with van der Waals surface area (Å²) in [6.07, 6.45) is 1.18. The molecule has 0 aliphatic carbocycles. The van der Waals surface area contributed by atoms with E-state index >= 15 is 0 Å². The molecular weight excluding hydrogens is 222 g/mol. The standard InChI is InChI=1S/C16H27NO/c1-7-16(4,5)11-17-13(3)14-10-12(2)8-9-15(14)18-6/h8-10,13,17H,7,11H2,1-6H3. The molecule has 1 unspecified atom stereocenters. The van der Waals surface area contributed by atoms with Gasteiger partial charge in [0.15, 0.2) is 0 Å². The van der Waals surface area contributed by atoms with E-state index in [4.69, 9.17) is 4.74 Å². The number of ether oxygens (including phenoxy) is 1. The second-order valence-electron chi connectivity index (χ2n) is 5.87. The minimum absolute atomic E-state index is 0.311. The maximum atomic E-state index is 5.44. The molecule has 0 spiro atoms. The molecule has 0 saturated heterocycles. The lowest BCUT2D eigenvalue weighted by atomic mass is 9.90. The highest BCUT2D eigenvalue weighted by Crippen LogP contribution is 2.27. The predicted molar refractivity (Wildman–Crippen MR) is 78.2 cm³/mol. The average Bonchev–Trinajstić information content (AvgIpc) is 2.36. The van der Waals surface area contributed by atoms with Crippen molar-refractivity contribution in [1.82, 2.24) is 5.32 Å². The van der Waals surface area contributed by atoms with Crippen LogP contribution < -0.4 is 10.1 Å². The Morgan fingerprint density at radius 2 is 2.00 bits per heavy atom. The third kappa shape index (κ3) is 4.02. The number of benzene rings is 1. The lowest BCUT2D eigenvalue weighted by molar-refractivity contribution is 0.311. The topological polar surface area (TPSA) is 21.3 Å². The van der Waals surface area contributed by atoms with E-state index < -0.39 is 0 Å². The van der Waals surface area contributed by atoms with Crippen molar-refractivity contribution in [3.05, 3.63) is 29.3 Å². The van der Waals surface area contributed by atoms with Crippen molar-refractivity contribution in [3.8, 4) is 5.75 Å². The van der Waals surface area contributed by atoms with Crippen molar-refractivity contribution in [1.29, 1.82) is 0 Å². The highest BCUT2D eigenvalue weighted by atomic mass is 16.5. The van der Waals surface area contributed by atoms with Crippen LogP contribution >= 0.6 is 0 Å². The van der Waals surface area contributed by atoms with Crippen LogP contribution in [-0.2, 0) is 0 Å². The monoisotopic (exact) mass is 249 g/mol. The molecule has 0 saturated carbocycles. The molecule has 18 heavy (non-hydrogen) atoms. The van der Waals surface area contributed by atoms with Crippen LogP contribution in [0.5, 0.6) is 5.75 Å². The van der Waals surface area contributed by atoms with Crippen molar-refractivity contribution < 1.29 is 4.74 Å². The molecule has 1 rings (SSSR count). The first-order chi connectivity index (χ1) is 8.39. The second kappa shape index (κ2) is 6.24. The van der Waals surface area contributed by atoms with Gasteiger partial charge in [-0.15, -0.1) is 0 Å². The molecule has 2 nitrogen and oxygen atoms in total. The quantitative estimate of drug-likeness (QED) is 0.820. The van der Waals surface area contributed by atoms with E-state index in [0.717, 1.165) is 12.3 Å². The molecule has 0 radical (unpaired) electrons. The summed E-state index contributed by atoms with van der Waals surface area (Å²) >= 11 is 0. The molecule has 2 heteroatoms. The Morgan fingerprint density at radius 1 is 1.33 bits per heavy atom. The molecule has 0 amide bonds. The SMILES string of the molecule is CCC(C)(C)CNC(C)c1cc(C)ccc1OC. The minimum atomic E-state index is 0.311. The highest BCUT2D eigenvalue weighted by Gasteiger charge is 2.18. The predicted octanol–water partition coefficient (Wildman–Crippen LogP) is 4.09. The van der Waals surface area contributed by atoms with Crippen LogP contribution in [0.3, 0.4) is 0 Å². The van der Waals surface area contributed by atoms with E-state index in [2.05, 4.69) is 52.1 Å². The van der Waals surface area contributed by atoms with E-state index in [-0.39, 0.29) is 0 Å². The summed E-state index contributed by atoms with van der Waals surface area (Å²) in [7, 11) is 1.73. The van der Waals surface area contributed by atoms with Crippen molar-refractivity contribution in [2.45, 2.75) is 47.1 Å². The molecule has 0 bridgehead atoms. The van der Waals surface area contributed by atoms with E-state index in [0.29, 0.717) is 11.5 Å². The van der Waals surface area contributed by atoms with E-state index in [1.807, 2.05) is 6.07 Å². The maximum Gasteiger partial charge on any atom is 0.123 e. The molecule has 0 heterocycles. The number of hydrogen-bond acceptors (Lipinski definition) is 2. The summed E-state index contributed by atoms with van der Waals surface area (Å²) in [4.78, 5) is 0. The van der Waals surface area contributed by atoms with Gasteiger partial charge in [-0.1, -0.05) is 38.5 Å². The van der Waals surface area contributed by atoms with E-state index in [9.17, 15) is 0 Å². The first-order valence-corrected chi connectivity index (χ1v) is 6.77. The number of methoxy groups -OCH3 is 1. The largest absolute Gasteiger partial charge is 0.496 e. The van der Waals surface area contributed by atoms with Gasteiger partial charge in [0.25, 0.3) is 0 Å². The fraction of sp³-hybridized carbons (Fsp3) is 0.625. The van der Waals surface area contributed by atoms with Crippen molar-refractivity contribution in [2.75, 3.05) is 13.7 Å². The Balaban J connectivity index is 2.77. The smallest absolute Gasteiger partial charge is 0.123 e. The number of hydrogen-bond donors (Lipinski definition) is 1. The summed E-state index contributed by atoms with van der Waals surface area (Å²) in [5.74, 6) is 0.968. The average molecular weight is 249 g/mol.